The maximum absolute atomic E-state index is 10.3. The highest BCUT2D eigenvalue weighted by molar-refractivity contribution is 5.83. The maximum Gasteiger partial charge on any atom is 0.226 e. The SMILES string of the molecule is Nc1ccc(CCCCNc2nc(N)c3ncn([C@@H]4O[C@H](CO)[C@@H](O)[C@H]4O)c3n2)cc1. The summed E-state index contributed by atoms with van der Waals surface area (Å²) in [5.41, 5.74) is 14.5. The number of nitrogen functional groups attached to an aromatic ring is 2. The largest absolute Gasteiger partial charge is 0.399 e. The Hall–Kier alpha value is -2.99. The lowest BCUT2D eigenvalue weighted by Gasteiger charge is -2.16. The van der Waals surface area contributed by atoms with Crippen molar-refractivity contribution in [2.24, 2.45) is 0 Å². The second-order valence-electron chi connectivity index (χ2n) is 7.61. The molecule has 4 rings (SSSR count). The van der Waals surface area contributed by atoms with Crippen LogP contribution in [0.15, 0.2) is 30.6 Å². The molecule has 2 aromatic heterocycles. The van der Waals surface area contributed by atoms with Gasteiger partial charge in [-0.25, -0.2) is 4.98 Å². The Labute approximate surface area is 178 Å². The summed E-state index contributed by atoms with van der Waals surface area (Å²) >= 11 is 0. The van der Waals surface area contributed by atoms with E-state index in [2.05, 4.69) is 20.3 Å². The Morgan fingerprint density at radius 3 is 2.55 bits per heavy atom. The number of unbranched alkanes of at least 4 members (excludes halogenated alkanes) is 1. The predicted octanol–water partition coefficient (Wildman–Crippen LogP) is 0.0370. The molecule has 0 aliphatic carbocycles. The van der Waals surface area contributed by atoms with E-state index in [1.54, 1.807) is 0 Å². The van der Waals surface area contributed by atoms with Crippen LogP contribution < -0.4 is 16.8 Å². The van der Waals surface area contributed by atoms with Crippen molar-refractivity contribution < 1.29 is 20.1 Å². The van der Waals surface area contributed by atoms with Crippen molar-refractivity contribution in [2.45, 2.75) is 43.8 Å². The standard InChI is InChI=1S/C20H27N7O4/c21-12-6-4-11(5-7-12)3-1-2-8-23-20-25-17(22)14-18(26-20)27(10-24-14)19-16(30)15(29)13(9-28)31-19/h4-7,10,13,15-16,19,28-30H,1-3,8-9,21H2,(H3,22,23,25,26)/t13-,15-,16-,19-/m1/s1. The van der Waals surface area contributed by atoms with Crippen LogP contribution in [0.25, 0.3) is 11.2 Å². The zero-order valence-electron chi connectivity index (χ0n) is 16.9. The fourth-order valence-electron chi connectivity index (χ4n) is 3.65. The van der Waals surface area contributed by atoms with Gasteiger partial charge < -0.3 is 36.8 Å². The first-order chi connectivity index (χ1) is 15.0. The molecule has 11 heteroatoms. The molecule has 1 aliphatic rings. The van der Waals surface area contributed by atoms with Crippen LogP contribution in [0, 0.1) is 0 Å². The average molecular weight is 429 g/mol. The summed E-state index contributed by atoms with van der Waals surface area (Å²) in [6, 6.07) is 7.85. The summed E-state index contributed by atoms with van der Waals surface area (Å²) in [7, 11) is 0. The van der Waals surface area contributed by atoms with Gasteiger partial charge in [-0.3, -0.25) is 4.57 Å². The van der Waals surface area contributed by atoms with Crippen LogP contribution >= 0.6 is 0 Å². The molecule has 0 unspecified atom stereocenters. The van der Waals surface area contributed by atoms with Gasteiger partial charge in [-0.05, 0) is 37.0 Å². The van der Waals surface area contributed by atoms with E-state index in [1.807, 2.05) is 24.3 Å². The molecule has 0 spiro atoms. The summed E-state index contributed by atoms with van der Waals surface area (Å²) in [6.45, 7) is 0.240. The van der Waals surface area contributed by atoms with Gasteiger partial charge >= 0.3 is 0 Å². The van der Waals surface area contributed by atoms with Crippen LogP contribution in [0.2, 0.25) is 0 Å². The van der Waals surface area contributed by atoms with E-state index in [1.165, 1.54) is 16.5 Å². The number of aromatic nitrogens is 4. The number of nitrogens with one attached hydrogen (secondary N) is 1. The first-order valence-electron chi connectivity index (χ1n) is 10.2. The first-order valence-corrected chi connectivity index (χ1v) is 10.2. The van der Waals surface area contributed by atoms with E-state index < -0.39 is 31.1 Å². The number of nitrogens with two attached hydrogens (primary N) is 2. The molecule has 0 saturated carbocycles. The molecular weight excluding hydrogens is 402 g/mol. The number of benzene rings is 1. The van der Waals surface area contributed by atoms with Gasteiger partial charge in [0.15, 0.2) is 17.7 Å². The van der Waals surface area contributed by atoms with E-state index in [9.17, 15) is 15.3 Å². The Morgan fingerprint density at radius 1 is 1.06 bits per heavy atom. The third-order valence-electron chi connectivity index (χ3n) is 5.39. The predicted molar refractivity (Wildman–Crippen MR) is 115 cm³/mol. The highest BCUT2D eigenvalue weighted by Crippen LogP contribution is 2.32. The van der Waals surface area contributed by atoms with Crippen LogP contribution in [0.1, 0.15) is 24.6 Å². The fraction of sp³-hybridized carbons (Fsp3) is 0.450. The number of hydrogen-bond donors (Lipinski definition) is 6. The van der Waals surface area contributed by atoms with Crippen molar-refractivity contribution in [1.29, 1.82) is 0 Å². The van der Waals surface area contributed by atoms with E-state index in [4.69, 9.17) is 16.2 Å². The number of hydrogen-bond acceptors (Lipinski definition) is 10. The highest BCUT2D eigenvalue weighted by atomic mass is 16.6. The molecule has 1 aliphatic heterocycles. The number of ether oxygens (including phenoxy) is 1. The molecule has 8 N–H and O–H groups in total. The smallest absolute Gasteiger partial charge is 0.226 e. The van der Waals surface area contributed by atoms with E-state index in [-0.39, 0.29) is 5.82 Å². The first kappa shape index (κ1) is 21.2. The minimum Gasteiger partial charge on any atom is -0.399 e. The molecule has 3 aromatic rings. The van der Waals surface area contributed by atoms with Crippen LogP contribution in [-0.2, 0) is 11.2 Å². The number of rotatable bonds is 8. The highest BCUT2D eigenvalue weighted by Gasteiger charge is 2.44. The molecule has 1 saturated heterocycles. The van der Waals surface area contributed by atoms with Crippen molar-refractivity contribution in [1.82, 2.24) is 19.5 Å². The Balaban J connectivity index is 1.41. The van der Waals surface area contributed by atoms with Crippen LogP contribution in [0.5, 0.6) is 0 Å². The maximum atomic E-state index is 10.3. The van der Waals surface area contributed by atoms with Gasteiger partial charge in [-0.2, -0.15) is 9.97 Å². The van der Waals surface area contributed by atoms with Gasteiger partial charge in [-0.15, -0.1) is 0 Å². The van der Waals surface area contributed by atoms with Gasteiger partial charge in [0.1, 0.15) is 23.8 Å². The Bertz CT molecular complexity index is 1030. The molecule has 1 aromatic carbocycles. The zero-order valence-corrected chi connectivity index (χ0v) is 16.9. The Morgan fingerprint density at radius 2 is 1.84 bits per heavy atom. The van der Waals surface area contributed by atoms with Crippen LogP contribution in [0.4, 0.5) is 17.5 Å². The lowest BCUT2D eigenvalue weighted by Crippen LogP contribution is -2.33. The van der Waals surface area contributed by atoms with E-state index >= 15 is 0 Å². The Kier molecular flexibility index (Phi) is 6.18. The summed E-state index contributed by atoms with van der Waals surface area (Å²) < 4.78 is 7.06. The van der Waals surface area contributed by atoms with Crippen molar-refractivity contribution in [3.8, 4) is 0 Å². The number of nitrogens with zero attached hydrogens (tertiary/aromatic N) is 4. The van der Waals surface area contributed by atoms with Gasteiger partial charge in [-0.1, -0.05) is 12.1 Å². The van der Waals surface area contributed by atoms with Crippen LogP contribution in [0.3, 0.4) is 0 Å². The van der Waals surface area contributed by atoms with E-state index in [0.717, 1.165) is 24.9 Å². The monoisotopic (exact) mass is 429 g/mol. The molecule has 0 bridgehead atoms. The number of fused-ring (bicyclic) bond motifs is 1. The van der Waals surface area contributed by atoms with Gasteiger partial charge in [0.2, 0.25) is 5.95 Å². The van der Waals surface area contributed by atoms with Crippen molar-refractivity contribution in [3.05, 3.63) is 36.2 Å². The quantitative estimate of drug-likeness (QED) is 0.211. The number of aliphatic hydroxyl groups is 3. The van der Waals surface area contributed by atoms with Gasteiger partial charge in [0.05, 0.1) is 12.9 Å². The molecule has 31 heavy (non-hydrogen) atoms. The van der Waals surface area contributed by atoms with Gasteiger partial charge in [0.25, 0.3) is 0 Å². The number of aryl methyl sites for hydroxylation is 1. The second kappa shape index (κ2) is 9.02. The molecule has 166 valence electrons. The summed E-state index contributed by atoms with van der Waals surface area (Å²) in [5.74, 6) is 0.533. The lowest BCUT2D eigenvalue weighted by atomic mass is 10.1. The molecule has 4 atom stereocenters. The summed E-state index contributed by atoms with van der Waals surface area (Å²) in [5, 5.41) is 32.8. The lowest BCUT2D eigenvalue weighted by molar-refractivity contribution is -0.0511. The van der Waals surface area contributed by atoms with Crippen molar-refractivity contribution in [3.63, 3.8) is 0 Å². The molecule has 1 fully saturated rings. The van der Waals surface area contributed by atoms with E-state index in [0.29, 0.717) is 23.7 Å². The van der Waals surface area contributed by atoms with Crippen molar-refractivity contribution in [2.75, 3.05) is 29.9 Å². The topological polar surface area (TPSA) is 178 Å². The average Bonchev–Trinajstić information content (AvgIpc) is 3.30. The number of anilines is 3. The van der Waals surface area contributed by atoms with Gasteiger partial charge in [0, 0.05) is 12.2 Å². The molecule has 3 heterocycles. The van der Waals surface area contributed by atoms with Crippen molar-refractivity contribution >= 4 is 28.6 Å². The second-order valence-corrected chi connectivity index (χ2v) is 7.61. The summed E-state index contributed by atoms with van der Waals surface area (Å²) in [6.07, 6.45) is -0.0427. The molecular formula is C20H27N7O4. The third-order valence-corrected chi connectivity index (χ3v) is 5.39. The number of aliphatic hydroxyl groups excluding tert-OH is 3. The van der Waals surface area contributed by atoms with Crippen LogP contribution in [-0.4, -0.2) is 66.3 Å². The minimum atomic E-state index is -1.24. The minimum absolute atomic E-state index is 0.194. The molecule has 0 radical (unpaired) electrons. The molecule has 0 amide bonds. The normalized spacial score (nSPS) is 23.5. The fourth-order valence-corrected chi connectivity index (χ4v) is 3.65. The summed E-state index contributed by atoms with van der Waals surface area (Å²) in [4.78, 5) is 12.9. The zero-order chi connectivity index (χ0) is 22.0. The molecule has 11 nitrogen and oxygen atoms in total. The number of imidazole rings is 1. The third kappa shape index (κ3) is 4.39.